The lowest BCUT2D eigenvalue weighted by Crippen LogP contribution is -2.62. The minimum absolute atomic E-state index is 0.0459. The Morgan fingerprint density at radius 2 is 1.52 bits per heavy atom. The fourth-order valence-electron chi connectivity index (χ4n) is 8.07. The number of esters is 1. The van der Waals surface area contributed by atoms with Crippen molar-refractivity contribution < 1.29 is 43.0 Å². The highest BCUT2D eigenvalue weighted by molar-refractivity contribution is 5.97. The molecule has 15 nitrogen and oxygen atoms in total. The molecule has 4 aliphatic heterocycles. The zero-order valence-electron chi connectivity index (χ0n) is 32.6. The van der Waals surface area contributed by atoms with Crippen molar-refractivity contribution in [3.63, 3.8) is 0 Å². The number of benzene rings is 1. The van der Waals surface area contributed by atoms with Crippen LogP contribution in [0.25, 0.3) is 0 Å². The van der Waals surface area contributed by atoms with Gasteiger partial charge < -0.3 is 40.1 Å². The third-order valence-corrected chi connectivity index (χ3v) is 10.4. The second kappa shape index (κ2) is 16.8. The number of nitrogens with one attached hydrogen (secondary N) is 3. The first-order valence-corrected chi connectivity index (χ1v) is 19.2. The highest BCUT2D eigenvalue weighted by Crippen LogP contribution is 2.28. The Kier molecular flexibility index (Phi) is 12.6. The summed E-state index contributed by atoms with van der Waals surface area (Å²) in [6.07, 6.45) is 2.18. The van der Waals surface area contributed by atoms with E-state index in [1.807, 2.05) is 39.0 Å². The van der Waals surface area contributed by atoms with Gasteiger partial charge in [-0.15, -0.1) is 0 Å². The Morgan fingerprint density at radius 3 is 2.20 bits per heavy atom. The molecule has 5 rings (SSSR count). The molecule has 4 heterocycles. The summed E-state index contributed by atoms with van der Waals surface area (Å²) in [5.41, 5.74) is 1.83. The van der Waals surface area contributed by atoms with Gasteiger partial charge in [0.15, 0.2) is 0 Å². The number of hydrogen-bond acceptors (Lipinski definition) is 9. The minimum atomic E-state index is -1.44. The summed E-state index contributed by atoms with van der Waals surface area (Å²) in [6.45, 7) is 12.6. The number of hydrogen-bond donors (Lipinski definition) is 3. The molecule has 0 aromatic heterocycles. The first kappa shape index (κ1) is 40.5. The Labute approximate surface area is 317 Å². The molecule has 6 amide bonds. The van der Waals surface area contributed by atoms with Crippen LogP contribution in [0, 0.1) is 19.8 Å². The SMILES string of the molecule is Cc1cc(C)cc(C[C@H](NC(=O)OC(C)(C)C)C(=O)N[C@H]2COC(=O)[C@@H]3C[C@@H](C)CN3C(=O)[C@H](C)NC(=O)[C@@H]3CCCCN3C(=O)[C@@H]3CCCN3C2=O)c1. The van der Waals surface area contributed by atoms with Crippen LogP contribution in [0.15, 0.2) is 18.2 Å². The van der Waals surface area contributed by atoms with Gasteiger partial charge in [-0.1, -0.05) is 36.2 Å². The largest absolute Gasteiger partial charge is 0.461 e. The number of cyclic esters (lactones) is 1. The molecular formula is C39H56N6O9. The molecular weight excluding hydrogens is 696 g/mol. The molecule has 0 radical (unpaired) electrons. The quantitative estimate of drug-likeness (QED) is 0.378. The normalized spacial score (nSPS) is 27.7. The summed E-state index contributed by atoms with van der Waals surface area (Å²) in [6, 6.07) is -0.527. The summed E-state index contributed by atoms with van der Waals surface area (Å²) in [5, 5.41) is 8.18. The van der Waals surface area contributed by atoms with E-state index in [0.29, 0.717) is 45.1 Å². The van der Waals surface area contributed by atoms with Crippen molar-refractivity contribution in [2.75, 3.05) is 26.2 Å². The second-order valence-electron chi connectivity index (χ2n) is 16.4. The first-order valence-electron chi connectivity index (χ1n) is 19.2. The van der Waals surface area contributed by atoms with Crippen molar-refractivity contribution >= 4 is 41.6 Å². The predicted octanol–water partition coefficient (Wildman–Crippen LogP) is 1.89. The highest BCUT2D eigenvalue weighted by Gasteiger charge is 2.46. The van der Waals surface area contributed by atoms with Crippen molar-refractivity contribution in [1.82, 2.24) is 30.7 Å². The molecule has 0 saturated carbocycles. The Bertz CT molecular complexity index is 1620. The fourth-order valence-corrected chi connectivity index (χ4v) is 8.07. The summed E-state index contributed by atoms with van der Waals surface area (Å²) in [4.78, 5) is 101. The first-order chi connectivity index (χ1) is 25.4. The van der Waals surface area contributed by atoms with Gasteiger partial charge in [-0.05, 0) is 91.5 Å². The van der Waals surface area contributed by atoms with Gasteiger partial charge in [-0.25, -0.2) is 9.59 Å². The lowest BCUT2D eigenvalue weighted by atomic mass is 9.99. The van der Waals surface area contributed by atoms with Crippen molar-refractivity contribution in [1.29, 1.82) is 0 Å². The van der Waals surface area contributed by atoms with Crippen LogP contribution in [0.4, 0.5) is 4.79 Å². The van der Waals surface area contributed by atoms with Crippen LogP contribution < -0.4 is 16.0 Å². The molecule has 0 bridgehead atoms. The zero-order valence-corrected chi connectivity index (χ0v) is 32.6. The second-order valence-corrected chi connectivity index (χ2v) is 16.4. The number of alkyl carbamates (subject to hydrolysis) is 1. The Balaban J connectivity index is 1.48. The van der Waals surface area contributed by atoms with Crippen LogP contribution in [0.5, 0.6) is 0 Å². The van der Waals surface area contributed by atoms with E-state index in [4.69, 9.17) is 9.47 Å². The molecule has 7 atom stereocenters. The molecule has 0 spiro atoms. The number of aryl methyl sites for hydroxylation is 2. The van der Waals surface area contributed by atoms with Crippen molar-refractivity contribution in [3.05, 3.63) is 34.9 Å². The molecule has 4 saturated heterocycles. The molecule has 1 aromatic carbocycles. The van der Waals surface area contributed by atoms with Crippen molar-refractivity contribution in [2.24, 2.45) is 5.92 Å². The number of piperidine rings is 1. The molecule has 1 aromatic rings. The average molecular weight is 753 g/mol. The van der Waals surface area contributed by atoms with E-state index in [2.05, 4.69) is 16.0 Å². The van der Waals surface area contributed by atoms with Gasteiger partial charge in [0.05, 0.1) is 0 Å². The number of ether oxygens (including phenoxy) is 2. The third kappa shape index (κ3) is 9.69. The predicted molar refractivity (Wildman–Crippen MR) is 197 cm³/mol. The zero-order chi connectivity index (χ0) is 39.5. The smallest absolute Gasteiger partial charge is 0.408 e. The molecule has 4 fully saturated rings. The lowest BCUT2D eigenvalue weighted by Gasteiger charge is -2.39. The summed E-state index contributed by atoms with van der Waals surface area (Å²) in [7, 11) is 0. The van der Waals surface area contributed by atoms with Crippen LogP contribution in [-0.2, 0) is 44.7 Å². The molecule has 0 aliphatic carbocycles. The van der Waals surface area contributed by atoms with Gasteiger partial charge in [0.1, 0.15) is 48.5 Å². The summed E-state index contributed by atoms with van der Waals surface area (Å²) in [5.74, 6) is -3.47. The van der Waals surface area contributed by atoms with Gasteiger partial charge in [-0.3, -0.25) is 24.0 Å². The van der Waals surface area contributed by atoms with E-state index in [0.717, 1.165) is 16.7 Å². The monoisotopic (exact) mass is 752 g/mol. The van der Waals surface area contributed by atoms with Crippen molar-refractivity contribution in [3.8, 4) is 0 Å². The molecule has 296 valence electrons. The van der Waals surface area contributed by atoms with Crippen LogP contribution in [0.2, 0.25) is 0 Å². The van der Waals surface area contributed by atoms with Gasteiger partial charge >= 0.3 is 12.1 Å². The van der Waals surface area contributed by atoms with Crippen LogP contribution in [0.3, 0.4) is 0 Å². The Hall–Kier alpha value is -4.69. The number of amides is 6. The van der Waals surface area contributed by atoms with E-state index < -0.39 is 84.2 Å². The lowest BCUT2D eigenvalue weighted by molar-refractivity contribution is -0.158. The maximum absolute atomic E-state index is 14.5. The average Bonchev–Trinajstić information content (AvgIpc) is 3.74. The number of carbonyl (C=O) groups is 7. The maximum atomic E-state index is 14.5. The molecule has 54 heavy (non-hydrogen) atoms. The number of rotatable bonds is 5. The topological polar surface area (TPSA) is 184 Å². The third-order valence-electron chi connectivity index (χ3n) is 10.4. The van der Waals surface area contributed by atoms with Gasteiger partial charge in [-0.2, -0.15) is 0 Å². The van der Waals surface area contributed by atoms with Crippen LogP contribution in [-0.4, -0.2) is 124 Å². The van der Waals surface area contributed by atoms with E-state index >= 15 is 0 Å². The number of nitrogens with zero attached hydrogens (tertiary/aromatic N) is 3. The maximum Gasteiger partial charge on any atom is 0.408 e. The fraction of sp³-hybridized carbons (Fsp3) is 0.667. The highest BCUT2D eigenvalue weighted by atomic mass is 16.6. The van der Waals surface area contributed by atoms with Gasteiger partial charge in [0.25, 0.3) is 0 Å². The molecule has 15 heteroatoms. The summed E-state index contributed by atoms with van der Waals surface area (Å²) >= 11 is 0. The summed E-state index contributed by atoms with van der Waals surface area (Å²) < 4.78 is 11.2. The van der Waals surface area contributed by atoms with Crippen LogP contribution >= 0.6 is 0 Å². The van der Waals surface area contributed by atoms with Gasteiger partial charge in [0, 0.05) is 26.1 Å². The minimum Gasteiger partial charge on any atom is -0.461 e. The van der Waals surface area contributed by atoms with E-state index in [-0.39, 0.29) is 31.3 Å². The van der Waals surface area contributed by atoms with E-state index in [1.54, 1.807) is 27.7 Å². The number of fused-ring (bicyclic) bond motifs is 3. The molecule has 0 unspecified atom stereocenters. The molecule has 4 aliphatic rings. The standard InChI is InChI=1S/C39H56N6O9/c1-22-15-23(2)17-26(16-22)19-27(42-38(52)54-39(5,6)7)32(46)41-28-21-53-37(51)31-18-24(3)20-45(31)34(48)25(4)40-33(47)29-11-8-9-13-43(29)36(50)30-12-10-14-44(30)35(28)49/h15-17,24-25,27-31H,8-14,18-21H2,1-7H3,(H,40,47)(H,41,46)(H,42,52)/t24-,25+,27+,28+,29+,30+,31+/m1/s1. The van der Waals surface area contributed by atoms with Gasteiger partial charge in [0.2, 0.25) is 29.5 Å². The van der Waals surface area contributed by atoms with Crippen molar-refractivity contribution in [2.45, 2.75) is 135 Å². The molecule has 3 N–H and O–H groups in total. The Morgan fingerprint density at radius 1 is 0.870 bits per heavy atom. The van der Waals surface area contributed by atoms with E-state index in [1.165, 1.54) is 14.7 Å². The van der Waals surface area contributed by atoms with E-state index in [9.17, 15) is 33.6 Å². The van der Waals surface area contributed by atoms with Crippen LogP contribution in [0.1, 0.15) is 89.8 Å². The number of carbonyl (C=O) groups excluding carboxylic acids is 7.